The second kappa shape index (κ2) is 7.54. The molecule has 0 bridgehead atoms. The Labute approximate surface area is 57.7 Å². The summed E-state index contributed by atoms with van der Waals surface area (Å²) in [5.41, 5.74) is 0. The van der Waals surface area contributed by atoms with E-state index in [0.717, 1.165) is 6.61 Å². The van der Waals surface area contributed by atoms with Gasteiger partial charge < -0.3 is 4.74 Å². The quantitative estimate of drug-likeness (QED) is 0.408. The largest absolute Gasteiger partial charge is 0.502 e. The maximum absolute atomic E-state index is 5.10. The van der Waals surface area contributed by atoms with E-state index in [1.807, 2.05) is 13.0 Å². The van der Waals surface area contributed by atoms with Crippen LogP contribution in [0, 0.1) is 0 Å². The maximum Gasteiger partial charge on any atom is 0.0873 e. The molecule has 54 valence electrons. The molecule has 0 aromatic carbocycles. The van der Waals surface area contributed by atoms with Gasteiger partial charge in [-0.2, -0.15) is 0 Å². The summed E-state index contributed by atoms with van der Waals surface area (Å²) in [6, 6.07) is 0. The first-order valence-corrected chi connectivity index (χ1v) is 3.64. The normalized spacial score (nSPS) is 10.4. The van der Waals surface area contributed by atoms with Gasteiger partial charge in [0.25, 0.3) is 0 Å². The van der Waals surface area contributed by atoms with Gasteiger partial charge in [-0.3, -0.25) is 0 Å². The Morgan fingerprint density at radius 2 is 2.11 bits per heavy atom. The summed E-state index contributed by atoms with van der Waals surface area (Å²) in [5.74, 6) is 0. The van der Waals surface area contributed by atoms with E-state index in [9.17, 15) is 0 Å². The number of hydrogen-bond acceptors (Lipinski definition) is 1. The van der Waals surface area contributed by atoms with Crippen LogP contribution in [-0.4, -0.2) is 6.61 Å². The van der Waals surface area contributed by atoms with E-state index < -0.39 is 0 Å². The minimum absolute atomic E-state index is 0.873. The molecule has 0 saturated heterocycles. The number of unbranched alkanes of at least 4 members (excludes halogenated alkanes) is 2. The Kier molecular flexibility index (Phi) is 7.15. The Hall–Kier alpha value is -0.460. The second-order valence-corrected chi connectivity index (χ2v) is 2.05. The van der Waals surface area contributed by atoms with Crippen LogP contribution in [0.3, 0.4) is 0 Å². The molecule has 0 aliphatic carbocycles. The van der Waals surface area contributed by atoms with Crippen LogP contribution in [0.1, 0.15) is 33.1 Å². The van der Waals surface area contributed by atoms with Crippen molar-refractivity contribution < 1.29 is 4.74 Å². The van der Waals surface area contributed by atoms with E-state index in [4.69, 9.17) is 4.74 Å². The van der Waals surface area contributed by atoms with E-state index in [1.165, 1.54) is 19.3 Å². The molecule has 0 spiro atoms. The number of rotatable bonds is 5. The first kappa shape index (κ1) is 8.54. The third kappa shape index (κ3) is 7.54. The van der Waals surface area contributed by atoms with Gasteiger partial charge >= 0.3 is 0 Å². The predicted molar refractivity (Wildman–Crippen MR) is 40.3 cm³/mol. The molecule has 0 atom stereocenters. The van der Waals surface area contributed by atoms with Crippen LogP contribution < -0.4 is 0 Å². The van der Waals surface area contributed by atoms with Gasteiger partial charge in [0.1, 0.15) is 0 Å². The summed E-state index contributed by atoms with van der Waals surface area (Å²) in [6.07, 6.45) is 7.37. The lowest BCUT2D eigenvalue weighted by molar-refractivity contribution is 0.241. The van der Waals surface area contributed by atoms with Crippen LogP contribution in [0.2, 0.25) is 0 Å². The lowest BCUT2D eigenvalue weighted by atomic mass is 10.3. The van der Waals surface area contributed by atoms with Gasteiger partial charge in [-0.1, -0.05) is 25.8 Å². The first-order valence-electron chi connectivity index (χ1n) is 3.64. The van der Waals surface area contributed by atoms with E-state index in [-0.39, 0.29) is 0 Å². The van der Waals surface area contributed by atoms with Crippen LogP contribution >= 0.6 is 0 Å². The van der Waals surface area contributed by atoms with Gasteiger partial charge in [0, 0.05) is 0 Å². The van der Waals surface area contributed by atoms with Crippen molar-refractivity contribution in [3.05, 3.63) is 12.3 Å². The zero-order valence-corrected chi connectivity index (χ0v) is 6.39. The number of ether oxygens (including phenoxy) is 1. The van der Waals surface area contributed by atoms with Crippen molar-refractivity contribution in [3.8, 4) is 0 Å². The van der Waals surface area contributed by atoms with Gasteiger partial charge in [0.15, 0.2) is 0 Å². The second-order valence-electron chi connectivity index (χ2n) is 2.05. The molecular formula is C8H16O. The fourth-order valence-corrected chi connectivity index (χ4v) is 0.600. The Morgan fingerprint density at radius 1 is 1.33 bits per heavy atom. The average molecular weight is 128 g/mol. The molecule has 0 aromatic rings. The highest BCUT2D eigenvalue weighted by atomic mass is 16.5. The predicted octanol–water partition coefficient (Wildman–Crippen LogP) is 2.73. The Morgan fingerprint density at radius 3 is 2.67 bits per heavy atom. The van der Waals surface area contributed by atoms with Crippen molar-refractivity contribution in [2.45, 2.75) is 33.1 Å². The van der Waals surface area contributed by atoms with Crippen LogP contribution in [0.5, 0.6) is 0 Å². The van der Waals surface area contributed by atoms with Crippen molar-refractivity contribution in [2.75, 3.05) is 6.61 Å². The van der Waals surface area contributed by atoms with Crippen molar-refractivity contribution >= 4 is 0 Å². The van der Waals surface area contributed by atoms with Crippen LogP contribution in [0.4, 0.5) is 0 Å². The lowest BCUT2D eigenvalue weighted by Crippen LogP contribution is -1.85. The maximum atomic E-state index is 5.10. The van der Waals surface area contributed by atoms with E-state index in [2.05, 4.69) is 6.92 Å². The zero-order chi connectivity index (χ0) is 6.95. The molecule has 0 rings (SSSR count). The SMILES string of the molecule is C/C=C\OCCCCC. The third-order valence-corrected chi connectivity index (χ3v) is 1.10. The third-order valence-electron chi connectivity index (χ3n) is 1.10. The van der Waals surface area contributed by atoms with Crippen LogP contribution in [0.15, 0.2) is 12.3 Å². The fourth-order valence-electron chi connectivity index (χ4n) is 0.600. The number of hydrogen-bond donors (Lipinski definition) is 0. The molecule has 1 heteroatoms. The Bertz CT molecular complexity index is 67.0. The smallest absolute Gasteiger partial charge is 0.0873 e. The summed E-state index contributed by atoms with van der Waals surface area (Å²) >= 11 is 0. The summed E-state index contributed by atoms with van der Waals surface area (Å²) in [5, 5.41) is 0. The molecule has 0 amide bonds. The van der Waals surface area contributed by atoms with Crippen molar-refractivity contribution in [3.63, 3.8) is 0 Å². The molecule has 0 aromatic heterocycles. The monoisotopic (exact) mass is 128 g/mol. The number of allylic oxidation sites excluding steroid dienone is 1. The summed E-state index contributed by atoms with van der Waals surface area (Å²) < 4.78 is 5.10. The highest BCUT2D eigenvalue weighted by molar-refractivity contribution is 4.64. The van der Waals surface area contributed by atoms with Crippen LogP contribution in [-0.2, 0) is 4.74 Å². The summed E-state index contributed by atoms with van der Waals surface area (Å²) in [4.78, 5) is 0. The standard InChI is InChI=1S/C8H16O/c1-3-5-6-8-9-7-4-2/h4,7H,3,5-6,8H2,1-2H3/b7-4-. The molecule has 0 N–H and O–H groups in total. The van der Waals surface area contributed by atoms with Gasteiger partial charge in [-0.15, -0.1) is 0 Å². The molecular weight excluding hydrogens is 112 g/mol. The summed E-state index contributed by atoms with van der Waals surface area (Å²) in [6.45, 7) is 5.02. The molecule has 0 unspecified atom stereocenters. The van der Waals surface area contributed by atoms with Gasteiger partial charge in [-0.25, -0.2) is 0 Å². The van der Waals surface area contributed by atoms with E-state index >= 15 is 0 Å². The fraction of sp³-hybridized carbons (Fsp3) is 0.750. The molecule has 0 radical (unpaired) electrons. The molecule has 0 saturated carbocycles. The average Bonchev–Trinajstić information content (AvgIpc) is 1.89. The van der Waals surface area contributed by atoms with Gasteiger partial charge in [0.2, 0.25) is 0 Å². The first-order chi connectivity index (χ1) is 4.41. The van der Waals surface area contributed by atoms with E-state index in [1.54, 1.807) is 6.26 Å². The molecule has 0 heterocycles. The highest BCUT2D eigenvalue weighted by Gasteiger charge is 1.81. The molecule has 9 heavy (non-hydrogen) atoms. The summed E-state index contributed by atoms with van der Waals surface area (Å²) in [7, 11) is 0. The molecule has 0 fully saturated rings. The minimum Gasteiger partial charge on any atom is -0.502 e. The van der Waals surface area contributed by atoms with Crippen molar-refractivity contribution in [2.24, 2.45) is 0 Å². The molecule has 0 aliphatic rings. The lowest BCUT2D eigenvalue weighted by Gasteiger charge is -1.96. The Balaban J connectivity index is 2.75. The molecule has 0 aliphatic heterocycles. The van der Waals surface area contributed by atoms with E-state index in [0.29, 0.717) is 0 Å². The zero-order valence-electron chi connectivity index (χ0n) is 6.39. The van der Waals surface area contributed by atoms with Crippen LogP contribution in [0.25, 0.3) is 0 Å². The topological polar surface area (TPSA) is 9.23 Å². The van der Waals surface area contributed by atoms with Gasteiger partial charge in [-0.05, 0) is 13.3 Å². The minimum atomic E-state index is 0.873. The van der Waals surface area contributed by atoms with Crippen molar-refractivity contribution in [1.82, 2.24) is 0 Å². The molecule has 1 nitrogen and oxygen atoms in total. The van der Waals surface area contributed by atoms with Gasteiger partial charge in [0.05, 0.1) is 12.9 Å². The van der Waals surface area contributed by atoms with Crippen molar-refractivity contribution in [1.29, 1.82) is 0 Å². The highest BCUT2D eigenvalue weighted by Crippen LogP contribution is 1.93.